The quantitative estimate of drug-likeness (QED) is 0.524. The largest absolute Gasteiger partial charge is 0.454 e. The van der Waals surface area contributed by atoms with Crippen molar-refractivity contribution in [1.29, 1.82) is 0 Å². The molecule has 0 bridgehead atoms. The zero-order valence-electron chi connectivity index (χ0n) is 17.5. The lowest BCUT2D eigenvalue weighted by atomic mass is 9.85. The summed E-state index contributed by atoms with van der Waals surface area (Å²) in [4.78, 5) is 43.3. The number of fused-ring (bicyclic) bond motifs is 2. The third-order valence-corrected chi connectivity index (χ3v) is 6.72. The summed E-state index contributed by atoms with van der Waals surface area (Å²) in [6.07, 6.45) is 5.41. The minimum atomic E-state index is -0.229. The SMILES string of the molecule is O=C(CCN1C(=O)C2CC=CCC2C1=O)N1CCN(Cc2ccc3c(c2)OCO3)CC1. The van der Waals surface area contributed by atoms with Crippen molar-refractivity contribution in [2.75, 3.05) is 39.5 Å². The highest BCUT2D eigenvalue weighted by Crippen LogP contribution is 2.35. The molecule has 0 aromatic heterocycles. The zero-order valence-corrected chi connectivity index (χ0v) is 17.5. The van der Waals surface area contributed by atoms with Crippen molar-refractivity contribution in [3.8, 4) is 11.5 Å². The van der Waals surface area contributed by atoms with Gasteiger partial charge in [0.1, 0.15) is 0 Å². The summed E-state index contributed by atoms with van der Waals surface area (Å²) < 4.78 is 10.8. The molecule has 8 heteroatoms. The van der Waals surface area contributed by atoms with E-state index in [1.165, 1.54) is 4.90 Å². The summed E-state index contributed by atoms with van der Waals surface area (Å²) in [6, 6.07) is 5.99. The molecule has 1 aromatic carbocycles. The Bertz CT molecular complexity index is 896. The van der Waals surface area contributed by atoms with Crippen LogP contribution in [0.2, 0.25) is 0 Å². The van der Waals surface area contributed by atoms with E-state index in [4.69, 9.17) is 9.47 Å². The van der Waals surface area contributed by atoms with Crippen LogP contribution in [0.4, 0.5) is 0 Å². The molecule has 3 aliphatic heterocycles. The van der Waals surface area contributed by atoms with Gasteiger partial charge in [-0.3, -0.25) is 24.2 Å². The molecule has 3 heterocycles. The molecule has 2 saturated heterocycles. The van der Waals surface area contributed by atoms with Crippen molar-refractivity contribution >= 4 is 17.7 Å². The van der Waals surface area contributed by atoms with E-state index in [0.29, 0.717) is 25.9 Å². The lowest BCUT2D eigenvalue weighted by Gasteiger charge is -2.35. The average Bonchev–Trinajstić information content (AvgIpc) is 3.35. The fraction of sp³-hybridized carbons (Fsp3) is 0.522. The van der Waals surface area contributed by atoms with Gasteiger partial charge in [-0.15, -0.1) is 0 Å². The molecule has 8 nitrogen and oxygen atoms in total. The Morgan fingerprint density at radius 2 is 1.61 bits per heavy atom. The number of allylic oxidation sites excluding steroid dienone is 2. The first-order chi connectivity index (χ1) is 15.1. The van der Waals surface area contributed by atoms with Crippen molar-refractivity contribution in [1.82, 2.24) is 14.7 Å². The molecule has 2 unspecified atom stereocenters. The maximum atomic E-state index is 12.7. The maximum Gasteiger partial charge on any atom is 0.233 e. The highest BCUT2D eigenvalue weighted by molar-refractivity contribution is 6.05. The van der Waals surface area contributed by atoms with Gasteiger partial charge >= 0.3 is 0 Å². The number of benzene rings is 1. The molecule has 0 radical (unpaired) electrons. The highest BCUT2D eigenvalue weighted by atomic mass is 16.7. The Labute approximate surface area is 181 Å². The Balaban J connectivity index is 1.09. The maximum absolute atomic E-state index is 12.7. The van der Waals surface area contributed by atoms with Gasteiger partial charge in [0.15, 0.2) is 11.5 Å². The molecule has 31 heavy (non-hydrogen) atoms. The van der Waals surface area contributed by atoms with Crippen molar-refractivity contribution in [2.24, 2.45) is 11.8 Å². The molecule has 2 atom stereocenters. The van der Waals surface area contributed by atoms with Gasteiger partial charge in [0, 0.05) is 45.7 Å². The zero-order chi connectivity index (χ0) is 21.4. The molecule has 1 aromatic rings. The normalized spacial score (nSPS) is 25.3. The first-order valence-corrected chi connectivity index (χ1v) is 11.0. The Morgan fingerprint density at radius 1 is 0.935 bits per heavy atom. The van der Waals surface area contributed by atoms with Crippen LogP contribution in [0.25, 0.3) is 0 Å². The van der Waals surface area contributed by atoms with Crippen LogP contribution in [0.1, 0.15) is 24.8 Å². The lowest BCUT2D eigenvalue weighted by Crippen LogP contribution is -2.49. The summed E-state index contributed by atoms with van der Waals surface area (Å²) in [5.41, 5.74) is 1.16. The molecular weight excluding hydrogens is 398 g/mol. The predicted molar refractivity (Wildman–Crippen MR) is 111 cm³/mol. The van der Waals surface area contributed by atoms with Crippen LogP contribution in [-0.4, -0.2) is 71.9 Å². The van der Waals surface area contributed by atoms with E-state index in [1.54, 1.807) is 0 Å². The molecule has 164 valence electrons. The van der Waals surface area contributed by atoms with E-state index in [0.717, 1.165) is 36.7 Å². The number of imide groups is 1. The summed E-state index contributed by atoms with van der Waals surface area (Å²) in [5.74, 6) is 0.898. The van der Waals surface area contributed by atoms with Gasteiger partial charge in [-0.05, 0) is 30.5 Å². The molecule has 4 aliphatic rings. The van der Waals surface area contributed by atoms with E-state index in [-0.39, 0.29) is 49.3 Å². The van der Waals surface area contributed by atoms with E-state index >= 15 is 0 Å². The van der Waals surface area contributed by atoms with Crippen LogP contribution in [0.15, 0.2) is 30.4 Å². The lowest BCUT2D eigenvalue weighted by molar-refractivity contribution is -0.141. The van der Waals surface area contributed by atoms with E-state index in [9.17, 15) is 14.4 Å². The number of carbonyl (C=O) groups excluding carboxylic acids is 3. The third kappa shape index (κ3) is 3.92. The monoisotopic (exact) mass is 425 g/mol. The molecule has 5 rings (SSSR count). The molecule has 2 fully saturated rings. The first kappa shape index (κ1) is 20.1. The van der Waals surface area contributed by atoms with Crippen LogP contribution in [0.3, 0.4) is 0 Å². The van der Waals surface area contributed by atoms with Crippen LogP contribution < -0.4 is 9.47 Å². The van der Waals surface area contributed by atoms with Crippen LogP contribution in [0, 0.1) is 11.8 Å². The number of carbonyl (C=O) groups is 3. The molecule has 0 N–H and O–H groups in total. The number of rotatable bonds is 5. The van der Waals surface area contributed by atoms with Gasteiger partial charge in [-0.25, -0.2) is 0 Å². The third-order valence-electron chi connectivity index (χ3n) is 6.72. The Morgan fingerprint density at radius 3 is 2.32 bits per heavy atom. The van der Waals surface area contributed by atoms with Gasteiger partial charge in [0.05, 0.1) is 11.8 Å². The number of likely N-dealkylation sites (tertiary alicyclic amines) is 1. The second-order valence-electron chi connectivity index (χ2n) is 8.58. The Kier molecular flexibility index (Phi) is 5.40. The van der Waals surface area contributed by atoms with Gasteiger partial charge in [0.25, 0.3) is 0 Å². The summed E-state index contributed by atoms with van der Waals surface area (Å²) >= 11 is 0. The first-order valence-electron chi connectivity index (χ1n) is 11.0. The van der Waals surface area contributed by atoms with E-state index < -0.39 is 0 Å². The molecule has 0 spiro atoms. The van der Waals surface area contributed by atoms with Crippen molar-refractivity contribution in [3.05, 3.63) is 35.9 Å². The number of amides is 3. The summed E-state index contributed by atoms with van der Waals surface area (Å²) in [5, 5.41) is 0. The van der Waals surface area contributed by atoms with Crippen LogP contribution in [0.5, 0.6) is 11.5 Å². The number of ether oxygens (including phenoxy) is 2. The van der Waals surface area contributed by atoms with Gasteiger partial charge in [0.2, 0.25) is 24.5 Å². The van der Waals surface area contributed by atoms with Crippen molar-refractivity contribution in [2.45, 2.75) is 25.8 Å². The predicted octanol–water partition coefficient (Wildman–Crippen LogP) is 1.40. The number of hydrogen-bond donors (Lipinski definition) is 0. The van der Waals surface area contributed by atoms with Crippen LogP contribution in [-0.2, 0) is 20.9 Å². The minimum Gasteiger partial charge on any atom is -0.454 e. The number of hydrogen-bond acceptors (Lipinski definition) is 6. The standard InChI is InChI=1S/C23H27N3O5/c27-21(7-8-26-22(28)17-3-1-2-4-18(17)23(26)29)25-11-9-24(10-12-25)14-16-5-6-19-20(13-16)31-15-30-19/h1-2,5-6,13,17-18H,3-4,7-12,14-15H2. The van der Waals surface area contributed by atoms with E-state index in [1.807, 2.05) is 35.3 Å². The fourth-order valence-corrected chi connectivity index (χ4v) is 4.91. The van der Waals surface area contributed by atoms with Gasteiger partial charge in [-0.2, -0.15) is 0 Å². The summed E-state index contributed by atoms with van der Waals surface area (Å²) in [6.45, 7) is 4.15. The number of nitrogens with zero attached hydrogens (tertiary/aromatic N) is 3. The number of piperazine rings is 1. The van der Waals surface area contributed by atoms with E-state index in [2.05, 4.69) is 4.90 Å². The van der Waals surface area contributed by atoms with Gasteiger partial charge in [-0.1, -0.05) is 18.2 Å². The molecular formula is C23H27N3O5. The average molecular weight is 425 g/mol. The Hall–Kier alpha value is -2.87. The molecule has 0 saturated carbocycles. The second-order valence-corrected chi connectivity index (χ2v) is 8.58. The smallest absolute Gasteiger partial charge is 0.233 e. The molecule has 3 amide bonds. The topological polar surface area (TPSA) is 79.4 Å². The van der Waals surface area contributed by atoms with Crippen LogP contribution >= 0.6 is 0 Å². The highest BCUT2D eigenvalue weighted by Gasteiger charge is 2.47. The fourth-order valence-electron chi connectivity index (χ4n) is 4.91. The van der Waals surface area contributed by atoms with Gasteiger partial charge < -0.3 is 14.4 Å². The minimum absolute atomic E-state index is 0.0105. The molecule has 1 aliphatic carbocycles. The van der Waals surface area contributed by atoms with Crippen molar-refractivity contribution in [3.63, 3.8) is 0 Å². The van der Waals surface area contributed by atoms with Crippen molar-refractivity contribution < 1.29 is 23.9 Å². The summed E-state index contributed by atoms with van der Waals surface area (Å²) in [7, 11) is 0. The second kappa shape index (κ2) is 8.34.